The van der Waals surface area contributed by atoms with Gasteiger partial charge in [0.2, 0.25) is 0 Å². The van der Waals surface area contributed by atoms with Gasteiger partial charge in [0.1, 0.15) is 13.2 Å². The normalized spacial score (nSPS) is 12.6. The zero-order valence-corrected chi connectivity index (χ0v) is 53.8. The number of rotatable bonds is 64. The van der Waals surface area contributed by atoms with Crippen LogP contribution in [-0.2, 0) is 28.6 Å². The maximum absolute atomic E-state index is 12.9. The van der Waals surface area contributed by atoms with Crippen LogP contribution in [0, 0.1) is 0 Å². The lowest BCUT2D eigenvalue weighted by molar-refractivity contribution is -0.167. The van der Waals surface area contributed by atoms with Crippen molar-refractivity contribution in [2.45, 2.75) is 361 Å². The summed E-state index contributed by atoms with van der Waals surface area (Å²) in [4.78, 5) is 38.4. The second-order valence-electron chi connectivity index (χ2n) is 23.4. The molecule has 0 bridgehead atoms. The number of carbonyl (C=O) groups is 3. The second kappa shape index (κ2) is 69.1. The second-order valence-corrected chi connectivity index (χ2v) is 23.4. The van der Waals surface area contributed by atoms with E-state index < -0.39 is 6.10 Å². The van der Waals surface area contributed by atoms with E-state index in [1.54, 1.807) is 0 Å². The number of carbonyl (C=O) groups excluding carboxylic acids is 3. The zero-order valence-electron chi connectivity index (χ0n) is 53.8. The minimum Gasteiger partial charge on any atom is -0.462 e. The molecule has 0 fully saturated rings. The quantitative estimate of drug-likeness (QED) is 0.0261. The van der Waals surface area contributed by atoms with Gasteiger partial charge in [0.05, 0.1) is 0 Å². The van der Waals surface area contributed by atoms with Crippen molar-refractivity contribution in [2.24, 2.45) is 0 Å². The average molecular weight is 1130 g/mol. The Morgan fingerprint density at radius 2 is 0.481 bits per heavy atom. The van der Waals surface area contributed by atoms with Crippen molar-refractivity contribution in [3.63, 3.8) is 0 Å². The van der Waals surface area contributed by atoms with E-state index in [0.29, 0.717) is 19.3 Å². The van der Waals surface area contributed by atoms with Crippen molar-refractivity contribution in [1.82, 2.24) is 0 Å². The average Bonchev–Trinajstić information content (AvgIpc) is 3.47. The molecule has 1 atom stereocenters. The van der Waals surface area contributed by atoms with Gasteiger partial charge in [-0.05, 0) is 116 Å². The van der Waals surface area contributed by atoms with Crippen molar-refractivity contribution in [3.05, 3.63) is 85.1 Å². The fourth-order valence-electron chi connectivity index (χ4n) is 10.1. The summed E-state index contributed by atoms with van der Waals surface area (Å²) < 4.78 is 17.0. The minimum atomic E-state index is -0.785. The van der Waals surface area contributed by atoms with Crippen LogP contribution in [0.25, 0.3) is 0 Å². The highest BCUT2D eigenvalue weighted by molar-refractivity contribution is 5.71. The Morgan fingerprint density at radius 3 is 0.765 bits per heavy atom. The molecule has 0 amide bonds. The molecule has 81 heavy (non-hydrogen) atoms. The first-order valence-corrected chi connectivity index (χ1v) is 35.1. The number of allylic oxidation sites excluding steroid dienone is 14. The molecular formula is C75H132O6. The SMILES string of the molecule is CC/C=C\C/C=C\C/C=C\CCCCCCCCCC(=O)OC(COC(=O)CCCCCCCCC/C=C\CCCCCCCC)COC(=O)CCCCCCCCCCCCCCCC/C=C\C/C=C\C/C=C\CCCCCCC. The van der Waals surface area contributed by atoms with Crippen LogP contribution >= 0.6 is 0 Å². The summed E-state index contributed by atoms with van der Waals surface area (Å²) in [5, 5.41) is 0. The Hall–Kier alpha value is -3.41. The van der Waals surface area contributed by atoms with Gasteiger partial charge >= 0.3 is 17.9 Å². The van der Waals surface area contributed by atoms with Crippen LogP contribution in [0.3, 0.4) is 0 Å². The van der Waals surface area contributed by atoms with E-state index >= 15 is 0 Å². The van der Waals surface area contributed by atoms with Crippen LogP contribution in [-0.4, -0.2) is 37.2 Å². The largest absolute Gasteiger partial charge is 0.462 e. The monoisotopic (exact) mass is 1130 g/mol. The zero-order chi connectivity index (χ0) is 58.5. The van der Waals surface area contributed by atoms with Crippen LogP contribution in [0.2, 0.25) is 0 Å². The van der Waals surface area contributed by atoms with E-state index in [4.69, 9.17) is 14.2 Å². The summed E-state index contributed by atoms with van der Waals surface area (Å²) in [6.07, 6.45) is 91.7. The van der Waals surface area contributed by atoms with E-state index in [9.17, 15) is 14.4 Å². The highest BCUT2D eigenvalue weighted by atomic mass is 16.6. The summed E-state index contributed by atoms with van der Waals surface area (Å²) in [7, 11) is 0. The third kappa shape index (κ3) is 67.3. The Labute approximate surface area is 503 Å². The lowest BCUT2D eigenvalue weighted by atomic mass is 10.0. The van der Waals surface area contributed by atoms with Gasteiger partial charge < -0.3 is 14.2 Å². The molecule has 0 spiro atoms. The van der Waals surface area contributed by atoms with Crippen molar-refractivity contribution in [2.75, 3.05) is 13.2 Å². The van der Waals surface area contributed by atoms with Gasteiger partial charge in [-0.3, -0.25) is 14.4 Å². The molecule has 0 aliphatic rings. The third-order valence-corrected chi connectivity index (χ3v) is 15.4. The number of esters is 3. The van der Waals surface area contributed by atoms with Crippen LogP contribution in [0.15, 0.2) is 85.1 Å². The van der Waals surface area contributed by atoms with Crippen molar-refractivity contribution < 1.29 is 28.6 Å². The number of hydrogen-bond acceptors (Lipinski definition) is 6. The fraction of sp³-hybridized carbons (Fsp3) is 0.773. The summed E-state index contributed by atoms with van der Waals surface area (Å²) in [5.74, 6) is -0.878. The molecule has 0 aliphatic carbocycles. The Kier molecular flexibility index (Phi) is 66.2. The smallest absolute Gasteiger partial charge is 0.306 e. The predicted molar refractivity (Wildman–Crippen MR) is 353 cm³/mol. The Balaban J connectivity index is 4.28. The lowest BCUT2D eigenvalue weighted by Gasteiger charge is -2.18. The Morgan fingerprint density at radius 1 is 0.259 bits per heavy atom. The highest BCUT2D eigenvalue weighted by Crippen LogP contribution is 2.17. The number of ether oxygens (including phenoxy) is 3. The van der Waals surface area contributed by atoms with Crippen LogP contribution < -0.4 is 0 Å². The number of hydrogen-bond donors (Lipinski definition) is 0. The van der Waals surface area contributed by atoms with Gasteiger partial charge in [0.25, 0.3) is 0 Å². The van der Waals surface area contributed by atoms with Crippen LogP contribution in [0.4, 0.5) is 0 Å². The molecule has 0 rings (SSSR count). The first kappa shape index (κ1) is 77.6. The number of unbranched alkanes of at least 4 members (excludes halogenated alkanes) is 39. The third-order valence-electron chi connectivity index (χ3n) is 15.4. The molecule has 6 heteroatoms. The molecule has 0 N–H and O–H groups in total. The molecule has 0 heterocycles. The molecule has 0 saturated heterocycles. The van der Waals surface area contributed by atoms with Crippen LogP contribution in [0.1, 0.15) is 355 Å². The highest BCUT2D eigenvalue weighted by Gasteiger charge is 2.19. The topological polar surface area (TPSA) is 78.9 Å². The molecule has 1 unspecified atom stereocenters. The maximum atomic E-state index is 12.9. The van der Waals surface area contributed by atoms with Crippen LogP contribution in [0.5, 0.6) is 0 Å². The summed E-state index contributed by atoms with van der Waals surface area (Å²) in [6, 6.07) is 0. The first-order valence-electron chi connectivity index (χ1n) is 35.1. The molecular weight excluding hydrogens is 997 g/mol. The fourth-order valence-corrected chi connectivity index (χ4v) is 10.1. The maximum Gasteiger partial charge on any atom is 0.306 e. The summed E-state index contributed by atoms with van der Waals surface area (Å²) >= 11 is 0. The van der Waals surface area contributed by atoms with E-state index in [0.717, 1.165) is 96.3 Å². The predicted octanol–water partition coefficient (Wildman–Crippen LogP) is 24.2. The van der Waals surface area contributed by atoms with Gasteiger partial charge in [0, 0.05) is 19.3 Å². The van der Waals surface area contributed by atoms with E-state index in [2.05, 4.69) is 106 Å². The first-order chi connectivity index (χ1) is 40.0. The van der Waals surface area contributed by atoms with Crippen molar-refractivity contribution in [1.29, 1.82) is 0 Å². The molecule has 0 radical (unpaired) electrons. The van der Waals surface area contributed by atoms with E-state index in [1.807, 2.05) is 0 Å². The molecule has 0 aromatic carbocycles. The molecule has 6 nitrogen and oxygen atoms in total. The Bertz CT molecular complexity index is 1530. The van der Waals surface area contributed by atoms with Gasteiger partial charge in [0.15, 0.2) is 6.10 Å². The van der Waals surface area contributed by atoms with Gasteiger partial charge in [-0.2, -0.15) is 0 Å². The van der Waals surface area contributed by atoms with Gasteiger partial charge in [-0.25, -0.2) is 0 Å². The molecule has 0 aromatic rings. The summed E-state index contributed by atoms with van der Waals surface area (Å²) in [6.45, 7) is 6.55. The standard InChI is InChI=1S/C75H132O6/c1-4-7-10-13-16-19-22-25-28-31-32-33-34-35-36-37-38-39-40-41-42-45-47-50-53-56-59-62-65-68-74(77)80-71-72(81-75(78)69-66-63-60-57-54-51-48-44-30-27-24-21-18-15-12-9-6-3)70-79-73(76)67-64-61-58-55-52-49-46-43-29-26-23-20-17-14-11-8-5-2/h9,12,18,21-22,25-27,29-32,34-35,72H,4-8,10-11,13-17,19-20,23-24,28,33,36-71H2,1-3H3/b12-9-,21-18-,25-22-,29-26-,30-27-,32-31-,35-34-. The van der Waals surface area contributed by atoms with Gasteiger partial charge in [-0.15, -0.1) is 0 Å². The summed E-state index contributed by atoms with van der Waals surface area (Å²) in [5.41, 5.74) is 0. The van der Waals surface area contributed by atoms with Crippen molar-refractivity contribution >= 4 is 17.9 Å². The van der Waals surface area contributed by atoms with Crippen molar-refractivity contribution in [3.8, 4) is 0 Å². The van der Waals surface area contributed by atoms with E-state index in [-0.39, 0.29) is 31.1 Å². The van der Waals surface area contributed by atoms with Gasteiger partial charge in [-0.1, -0.05) is 305 Å². The van der Waals surface area contributed by atoms with E-state index in [1.165, 1.54) is 218 Å². The molecule has 0 aliphatic heterocycles. The molecule has 0 aromatic heterocycles. The molecule has 0 saturated carbocycles. The molecule has 468 valence electrons. The lowest BCUT2D eigenvalue weighted by Crippen LogP contribution is -2.30. The minimum absolute atomic E-state index is 0.0802.